The third-order valence-electron chi connectivity index (χ3n) is 3.86. The van der Waals surface area contributed by atoms with Crippen molar-refractivity contribution < 1.29 is 14.3 Å². The van der Waals surface area contributed by atoms with Crippen LogP contribution in [0.15, 0.2) is 54.6 Å². The Morgan fingerprint density at radius 1 is 0.962 bits per heavy atom. The van der Waals surface area contributed by atoms with Gasteiger partial charge in [-0.25, -0.2) is 0 Å². The van der Waals surface area contributed by atoms with E-state index in [1.54, 1.807) is 12.1 Å². The van der Waals surface area contributed by atoms with Crippen LogP contribution in [0.25, 0.3) is 0 Å². The molecule has 2 aromatic rings. The van der Waals surface area contributed by atoms with E-state index in [2.05, 4.69) is 17.6 Å². The third-order valence-corrected chi connectivity index (χ3v) is 3.86. The Morgan fingerprint density at radius 3 is 2.38 bits per heavy atom. The molecule has 0 aliphatic heterocycles. The molecule has 0 radical (unpaired) electrons. The van der Waals surface area contributed by atoms with E-state index in [-0.39, 0.29) is 11.8 Å². The number of carbonyl (C=O) groups is 2. The maximum Gasteiger partial charge on any atom is 0.251 e. The van der Waals surface area contributed by atoms with Gasteiger partial charge in [-0.1, -0.05) is 43.7 Å². The first-order valence-corrected chi connectivity index (χ1v) is 9.00. The molecule has 0 heterocycles. The van der Waals surface area contributed by atoms with Crippen LogP contribution in [0.1, 0.15) is 42.1 Å². The highest BCUT2D eigenvalue weighted by Gasteiger charge is 2.06. The summed E-state index contributed by atoms with van der Waals surface area (Å²) in [5.74, 6) is 0.627. The quantitative estimate of drug-likeness (QED) is 0.643. The molecule has 0 aromatic heterocycles. The second-order valence-electron chi connectivity index (χ2n) is 5.99. The number of para-hydroxylation sites is 1. The van der Waals surface area contributed by atoms with Gasteiger partial charge in [0.15, 0.2) is 0 Å². The number of amides is 2. The summed E-state index contributed by atoms with van der Waals surface area (Å²) in [5, 5.41) is 5.74. The second-order valence-corrected chi connectivity index (χ2v) is 5.99. The average molecular weight is 354 g/mol. The topological polar surface area (TPSA) is 67.4 Å². The SMILES string of the molecule is CCCCNC(=O)c1ccc(CNC(=O)CCOc2ccccc2)cc1. The first kappa shape index (κ1) is 19.5. The van der Waals surface area contributed by atoms with Crippen molar-refractivity contribution in [2.45, 2.75) is 32.7 Å². The summed E-state index contributed by atoms with van der Waals surface area (Å²) in [7, 11) is 0. The van der Waals surface area contributed by atoms with Crippen molar-refractivity contribution in [1.82, 2.24) is 10.6 Å². The van der Waals surface area contributed by atoms with Gasteiger partial charge >= 0.3 is 0 Å². The van der Waals surface area contributed by atoms with Gasteiger partial charge in [0, 0.05) is 18.7 Å². The molecule has 0 bridgehead atoms. The van der Waals surface area contributed by atoms with E-state index >= 15 is 0 Å². The van der Waals surface area contributed by atoms with Gasteiger partial charge in [-0.15, -0.1) is 0 Å². The molecule has 0 saturated carbocycles. The van der Waals surface area contributed by atoms with Crippen molar-refractivity contribution in [1.29, 1.82) is 0 Å². The molecule has 2 N–H and O–H groups in total. The first-order valence-electron chi connectivity index (χ1n) is 9.00. The lowest BCUT2D eigenvalue weighted by atomic mass is 10.1. The highest BCUT2D eigenvalue weighted by Crippen LogP contribution is 2.08. The lowest BCUT2D eigenvalue weighted by molar-refractivity contribution is -0.121. The molecule has 26 heavy (non-hydrogen) atoms. The maximum absolute atomic E-state index is 11.9. The molecule has 0 spiro atoms. The smallest absolute Gasteiger partial charge is 0.251 e. The van der Waals surface area contributed by atoms with Crippen molar-refractivity contribution in [3.8, 4) is 5.75 Å². The van der Waals surface area contributed by atoms with Crippen LogP contribution in [0.2, 0.25) is 0 Å². The standard InChI is InChI=1S/C21H26N2O3/c1-2-3-14-22-21(25)18-11-9-17(10-12-18)16-23-20(24)13-15-26-19-7-5-4-6-8-19/h4-12H,2-3,13-16H2,1H3,(H,22,25)(H,23,24). The molecule has 0 aliphatic carbocycles. The minimum Gasteiger partial charge on any atom is -0.493 e. The highest BCUT2D eigenvalue weighted by molar-refractivity contribution is 5.94. The number of hydrogen-bond donors (Lipinski definition) is 2. The van der Waals surface area contributed by atoms with E-state index in [1.165, 1.54) is 0 Å². The summed E-state index contributed by atoms with van der Waals surface area (Å²) >= 11 is 0. The van der Waals surface area contributed by atoms with Crippen molar-refractivity contribution in [2.75, 3.05) is 13.2 Å². The Balaban J connectivity index is 1.68. The van der Waals surface area contributed by atoms with Gasteiger partial charge in [-0.2, -0.15) is 0 Å². The molecule has 0 aliphatic rings. The summed E-state index contributed by atoms with van der Waals surface area (Å²) in [4.78, 5) is 23.8. The van der Waals surface area contributed by atoms with Gasteiger partial charge in [0.05, 0.1) is 13.0 Å². The number of carbonyl (C=O) groups excluding carboxylic acids is 2. The predicted octanol–water partition coefficient (Wildman–Crippen LogP) is 3.30. The lowest BCUT2D eigenvalue weighted by Crippen LogP contribution is -2.25. The molecule has 5 heteroatoms. The molecule has 5 nitrogen and oxygen atoms in total. The molecular formula is C21H26N2O3. The molecule has 0 fully saturated rings. The fourth-order valence-electron chi connectivity index (χ4n) is 2.32. The van der Waals surface area contributed by atoms with E-state index in [9.17, 15) is 9.59 Å². The minimum absolute atomic E-state index is 0.0629. The maximum atomic E-state index is 11.9. The van der Waals surface area contributed by atoms with E-state index < -0.39 is 0 Å². The Labute approximate surface area is 154 Å². The Bertz CT molecular complexity index is 684. The molecule has 2 rings (SSSR count). The monoisotopic (exact) mass is 354 g/mol. The molecule has 138 valence electrons. The number of benzene rings is 2. The summed E-state index contributed by atoms with van der Waals surface area (Å²) < 4.78 is 5.51. The summed E-state index contributed by atoms with van der Waals surface area (Å²) in [6.45, 7) is 3.55. The zero-order chi connectivity index (χ0) is 18.6. The van der Waals surface area contributed by atoms with Gasteiger partial charge in [0.2, 0.25) is 5.91 Å². The van der Waals surface area contributed by atoms with Gasteiger partial charge < -0.3 is 15.4 Å². The van der Waals surface area contributed by atoms with Crippen LogP contribution in [-0.2, 0) is 11.3 Å². The summed E-state index contributed by atoms with van der Waals surface area (Å²) in [6, 6.07) is 16.7. The van der Waals surface area contributed by atoms with Gasteiger partial charge in [-0.05, 0) is 36.2 Å². The van der Waals surface area contributed by atoms with Crippen LogP contribution < -0.4 is 15.4 Å². The molecule has 0 atom stereocenters. The van der Waals surface area contributed by atoms with Crippen LogP contribution in [-0.4, -0.2) is 25.0 Å². The zero-order valence-electron chi connectivity index (χ0n) is 15.2. The van der Waals surface area contributed by atoms with E-state index in [1.807, 2.05) is 42.5 Å². The third kappa shape index (κ3) is 6.97. The summed E-state index contributed by atoms with van der Waals surface area (Å²) in [5.41, 5.74) is 1.58. The number of nitrogens with one attached hydrogen (secondary N) is 2. The Hall–Kier alpha value is -2.82. The van der Waals surface area contributed by atoms with E-state index in [0.717, 1.165) is 24.2 Å². The summed E-state index contributed by atoms with van der Waals surface area (Å²) in [6.07, 6.45) is 2.33. The van der Waals surface area contributed by atoms with Crippen LogP contribution in [0, 0.1) is 0 Å². The molecule has 2 aromatic carbocycles. The van der Waals surface area contributed by atoms with E-state index in [0.29, 0.717) is 31.7 Å². The van der Waals surface area contributed by atoms with Crippen LogP contribution in [0.3, 0.4) is 0 Å². The van der Waals surface area contributed by atoms with Crippen molar-refractivity contribution in [2.24, 2.45) is 0 Å². The van der Waals surface area contributed by atoms with Gasteiger partial charge in [0.25, 0.3) is 5.91 Å². The minimum atomic E-state index is -0.0673. The number of hydrogen-bond acceptors (Lipinski definition) is 3. The average Bonchev–Trinajstić information content (AvgIpc) is 2.68. The van der Waals surface area contributed by atoms with Crippen molar-refractivity contribution in [3.05, 3.63) is 65.7 Å². The Morgan fingerprint density at radius 2 is 1.69 bits per heavy atom. The van der Waals surface area contributed by atoms with Crippen LogP contribution in [0.4, 0.5) is 0 Å². The van der Waals surface area contributed by atoms with Gasteiger partial charge in [0.1, 0.15) is 5.75 Å². The second kappa shape index (κ2) is 10.9. The normalized spacial score (nSPS) is 10.2. The predicted molar refractivity (Wildman–Crippen MR) is 102 cm³/mol. The molecule has 0 saturated heterocycles. The number of ether oxygens (including phenoxy) is 1. The fourth-order valence-corrected chi connectivity index (χ4v) is 2.32. The van der Waals surface area contributed by atoms with Crippen molar-refractivity contribution >= 4 is 11.8 Å². The molecule has 0 unspecified atom stereocenters. The van der Waals surface area contributed by atoms with Gasteiger partial charge in [-0.3, -0.25) is 9.59 Å². The molecular weight excluding hydrogens is 328 g/mol. The number of rotatable bonds is 10. The first-order chi connectivity index (χ1) is 12.7. The lowest BCUT2D eigenvalue weighted by Gasteiger charge is -2.08. The zero-order valence-corrected chi connectivity index (χ0v) is 15.2. The molecule has 2 amide bonds. The van der Waals surface area contributed by atoms with Crippen molar-refractivity contribution in [3.63, 3.8) is 0 Å². The van der Waals surface area contributed by atoms with E-state index in [4.69, 9.17) is 4.74 Å². The Kier molecular flexibility index (Phi) is 8.19. The fraction of sp³-hybridized carbons (Fsp3) is 0.333. The number of unbranched alkanes of at least 4 members (excludes halogenated alkanes) is 1. The highest BCUT2D eigenvalue weighted by atomic mass is 16.5. The van der Waals surface area contributed by atoms with Crippen LogP contribution in [0.5, 0.6) is 5.75 Å². The largest absolute Gasteiger partial charge is 0.493 e. The van der Waals surface area contributed by atoms with Crippen LogP contribution >= 0.6 is 0 Å².